The van der Waals surface area contributed by atoms with E-state index < -0.39 is 11.6 Å². The molecule has 0 amide bonds. The van der Waals surface area contributed by atoms with Gasteiger partial charge < -0.3 is 5.32 Å². The topological polar surface area (TPSA) is 12.0 Å². The zero-order valence-electron chi connectivity index (χ0n) is 10.2. The smallest absolute Gasteiger partial charge is 0.146 e. The second-order valence-corrected chi connectivity index (χ2v) is 4.24. The fraction of sp³-hybridized carbons (Fsp3) is 0.200. The van der Waals surface area contributed by atoms with Gasteiger partial charge >= 0.3 is 0 Å². The van der Waals surface area contributed by atoms with E-state index in [9.17, 15) is 8.78 Å². The van der Waals surface area contributed by atoms with E-state index in [0.717, 1.165) is 12.0 Å². The fourth-order valence-corrected chi connectivity index (χ4v) is 1.77. The van der Waals surface area contributed by atoms with Crippen molar-refractivity contribution in [1.29, 1.82) is 0 Å². The van der Waals surface area contributed by atoms with Crippen molar-refractivity contribution in [3.63, 3.8) is 0 Å². The van der Waals surface area contributed by atoms with Gasteiger partial charge in [0.1, 0.15) is 11.6 Å². The van der Waals surface area contributed by atoms with E-state index in [1.165, 1.54) is 12.1 Å². The lowest BCUT2D eigenvalue weighted by molar-refractivity contribution is 0.594. The molecule has 0 bridgehead atoms. The Morgan fingerprint density at radius 3 is 2.44 bits per heavy atom. The van der Waals surface area contributed by atoms with Crippen LogP contribution in [0.15, 0.2) is 42.5 Å². The SMILES string of the molecule is Cc1cc(F)c(NCCc2ccccc2)cc1F. The highest BCUT2D eigenvalue weighted by Crippen LogP contribution is 2.18. The average molecular weight is 247 g/mol. The minimum absolute atomic E-state index is 0.217. The number of hydrogen-bond donors (Lipinski definition) is 1. The Hall–Kier alpha value is -1.90. The quantitative estimate of drug-likeness (QED) is 0.863. The maximum absolute atomic E-state index is 13.5. The molecule has 0 radical (unpaired) electrons. The first kappa shape index (κ1) is 12.6. The van der Waals surface area contributed by atoms with Crippen molar-refractivity contribution in [1.82, 2.24) is 0 Å². The van der Waals surface area contributed by atoms with E-state index in [1.54, 1.807) is 6.92 Å². The Labute approximate surface area is 105 Å². The average Bonchev–Trinajstić information content (AvgIpc) is 2.37. The molecule has 1 nitrogen and oxygen atoms in total. The van der Waals surface area contributed by atoms with Gasteiger partial charge in [-0.3, -0.25) is 0 Å². The van der Waals surface area contributed by atoms with Gasteiger partial charge in [-0.1, -0.05) is 30.3 Å². The molecule has 2 aromatic carbocycles. The van der Waals surface area contributed by atoms with Crippen LogP contribution in [0.25, 0.3) is 0 Å². The molecule has 0 saturated carbocycles. The normalized spacial score (nSPS) is 10.4. The van der Waals surface area contributed by atoms with E-state index in [0.29, 0.717) is 12.1 Å². The lowest BCUT2D eigenvalue weighted by atomic mass is 10.1. The van der Waals surface area contributed by atoms with Crippen LogP contribution >= 0.6 is 0 Å². The van der Waals surface area contributed by atoms with Gasteiger partial charge in [0.15, 0.2) is 0 Å². The summed E-state index contributed by atoms with van der Waals surface area (Å²) in [6, 6.07) is 12.3. The van der Waals surface area contributed by atoms with Crippen LogP contribution in [0.4, 0.5) is 14.5 Å². The molecule has 0 unspecified atom stereocenters. The minimum atomic E-state index is -0.415. The van der Waals surface area contributed by atoms with Crippen molar-refractivity contribution in [2.24, 2.45) is 0 Å². The van der Waals surface area contributed by atoms with Crippen LogP contribution in [0.2, 0.25) is 0 Å². The third kappa shape index (κ3) is 3.06. The first-order chi connectivity index (χ1) is 8.66. The summed E-state index contributed by atoms with van der Waals surface area (Å²) in [5, 5.41) is 2.91. The second-order valence-electron chi connectivity index (χ2n) is 4.24. The van der Waals surface area contributed by atoms with E-state index in [4.69, 9.17) is 0 Å². The Balaban J connectivity index is 1.97. The van der Waals surface area contributed by atoms with Gasteiger partial charge in [0.2, 0.25) is 0 Å². The highest BCUT2D eigenvalue weighted by Gasteiger charge is 2.06. The van der Waals surface area contributed by atoms with Crippen molar-refractivity contribution in [3.05, 3.63) is 65.2 Å². The summed E-state index contributed by atoms with van der Waals surface area (Å²) in [6.45, 7) is 2.12. The molecule has 2 rings (SSSR count). The second kappa shape index (κ2) is 5.63. The van der Waals surface area contributed by atoms with Gasteiger partial charge in [-0.25, -0.2) is 8.78 Å². The summed E-state index contributed by atoms with van der Waals surface area (Å²) >= 11 is 0. The van der Waals surface area contributed by atoms with Crippen molar-refractivity contribution in [2.45, 2.75) is 13.3 Å². The fourth-order valence-electron chi connectivity index (χ4n) is 1.77. The summed E-state index contributed by atoms with van der Waals surface area (Å²) in [7, 11) is 0. The highest BCUT2D eigenvalue weighted by atomic mass is 19.1. The Morgan fingerprint density at radius 2 is 1.72 bits per heavy atom. The minimum Gasteiger partial charge on any atom is -0.382 e. The van der Waals surface area contributed by atoms with Gasteiger partial charge in [0, 0.05) is 12.6 Å². The third-order valence-electron chi connectivity index (χ3n) is 2.82. The zero-order chi connectivity index (χ0) is 13.0. The monoisotopic (exact) mass is 247 g/mol. The summed E-state index contributed by atoms with van der Waals surface area (Å²) in [6.07, 6.45) is 0.774. The Morgan fingerprint density at radius 1 is 1.00 bits per heavy atom. The first-order valence-corrected chi connectivity index (χ1v) is 5.90. The number of nitrogens with one attached hydrogen (secondary N) is 1. The van der Waals surface area contributed by atoms with Crippen molar-refractivity contribution in [2.75, 3.05) is 11.9 Å². The van der Waals surface area contributed by atoms with Crippen LogP contribution in [-0.4, -0.2) is 6.54 Å². The summed E-state index contributed by atoms with van der Waals surface area (Å²) < 4.78 is 26.8. The summed E-state index contributed by atoms with van der Waals surface area (Å²) in [4.78, 5) is 0. The third-order valence-corrected chi connectivity index (χ3v) is 2.82. The molecular formula is C15H15F2N. The Bertz CT molecular complexity index is 524. The molecule has 0 aromatic heterocycles. The zero-order valence-corrected chi connectivity index (χ0v) is 10.2. The summed E-state index contributed by atoms with van der Waals surface area (Å²) in [5.74, 6) is -0.805. The molecule has 0 saturated heterocycles. The maximum Gasteiger partial charge on any atom is 0.146 e. The molecule has 0 aliphatic heterocycles. The predicted molar refractivity (Wildman–Crippen MR) is 69.7 cm³/mol. The largest absolute Gasteiger partial charge is 0.382 e. The van der Waals surface area contributed by atoms with Gasteiger partial charge in [0.25, 0.3) is 0 Å². The lowest BCUT2D eigenvalue weighted by Gasteiger charge is -2.09. The molecule has 94 valence electrons. The molecule has 0 heterocycles. The molecule has 0 atom stereocenters. The number of rotatable bonds is 4. The first-order valence-electron chi connectivity index (χ1n) is 5.90. The van der Waals surface area contributed by atoms with Gasteiger partial charge in [-0.2, -0.15) is 0 Å². The van der Waals surface area contributed by atoms with Gasteiger partial charge in [0.05, 0.1) is 5.69 Å². The molecule has 1 N–H and O–H groups in total. The number of halogens is 2. The summed E-state index contributed by atoms with van der Waals surface area (Å²) in [5.41, 5.74) is 1.70. The lowest BCUT2D eigenvalue weighted by Crippen LogP contribution is -2.07. The molecule has 0 spiro atoms. The van der Waals surface area contributed by atoms with Gasteiger partial charge in [-0.15, -0.1) is 0 Å². The van der Waals surface area contributed by atoms with Crippen molar-refractivity contribution >= 4 is 5.69 Å². The van der Waals surface area contributed by atoms with Crippen LogP contribution in [0, 0.1) is 18.6 Å². The molecule has 0 aliphatic rings. The standard InChI is InChI=1S/C15H15F2N/c1-11-9-14(17)15(10-13(11)16)18-8-7-12-5-3-2-4-6-12/h2-6,9-10,18H,7-8H2,1H3. The number of hydrogen-bond acceptors (Lipinski definition) is 1. The number of anilines is 1. The molecule has 18 heavy (non-hydrogen) atoms. The molecule has 3 heteroatoms. The van der Waals surface area contributed by atoms with Crippen molar-refractivity contribution < 1.29 is 8.78 Å². The number of aryl methyl sites for hydroxylation is 1. The van der Waals surface area contributed by atoms with Crippen LogP contribution in [0.5, 0.6) is 0 Å². The molecular weight excluding hydrogens is 232 g/mol. The van der Waals surface area contributed by atoms with Gasteiger partial charge in [-0.05, 0) is 30.5 Å². The number of benzene rings is 2. The van der Waals surface area contributed by atoms with Crippen LogP contribution in [0.1, 0.15) is 11.1 Å². The van der Waals surface area contributed by atoms with E-state index in [-0.39, 0.29) is 5.69 Å². The molecule has 2 aromatic rings. The van der Waals surface area contributed by atoms with Crippen LogP contribution in [-0.2, 0) is 6.42 Å². The molecule has 0 fully saturated rings. The van der Waals surface area contributed by atoms with E-state index in [1.807, 2.05) is 30.3 Å². The van der Waals surface area contributed by atoms with Crippen LogP contribution in [0.3, 0.4) is 0 Å². The highest BCUT2D eigenvalue weighted by molar-refractivity contribution is 5.47. The van der Waals surface area contributed by atoms with Crippen LogP contribution < -0.4 is 5.32 Å². The van der Waals surface area contributed by atoms with E-state index in [2.05, 4.69) is 5.32 Å². The molecule has 0 aliphatic carbocycles. The predicted octanol–water partition coefficient (Wildman–Crippen LogP) is 3.93. The van der Waals surface area contributed by atoms with Crippen molar-refractivity contribution in [3.8, 4) is 0 Å². The van der Waals surface area contributed by atoms with E-state index >= 15 is 0 Å². The Kier molecular flexibility index (Phi) is 3.92. The maximum atomic E-state index is 13.5.